The molecule has 168 valence electrons. The summed E-state index contributed by atoms with van der Waals surface area (Å²) in [6.45, 7) is 0.465. The van der Waals surface area contributed by atoms with E-state index in [9.17, 15) is 14.1 Å². The Labute approximate surface area is 191 Å². The molecule has 1 unspecified atom stereocenters. The summed E-state index contributed by atoms with van der Waals surface area (Å²) in [5.41, 5.74) is 1.66. The van der Waals surface area contributed by atoms with Crippen LogP contribution < -0.4 is 10.9 Å². The molecule has 2 aromatic carbocycles. The Morgan fingerprint density at radius 1 is 1.12 bits per heavy atom. The zero-order valence-corrected chi connectivity index (χ0v) is 19.1. The maximum absolute atomic E-state index is 13.2. The van der Waals surface area contributed by atoms with Crippen LogP contribution in [0.4, 0.5) is 0 Å². The molecule has 1 saturated carbocycles. The van der Waals surface area contributed by atoms with Crippen molar-refractivity contribution in [2.45, 2.75) is 49.5 Å². The second kappa shape index (κ2) is 10.3. The average molecular weight is 452 g/mol. The summed E-state index contributed by atoms with van der Waals surface area (Å²) in [5.74, 6) is -0.305. The fraction of sp³-hybridized carbons (Fsp3) is 0.360. The Balaban J connectivity index is 1.55. The molecule has 0 aliphatic heterocycles. The number of hydrogen-bond donors (Lipinski definition) is 2. The van der Waals surface area contributed by atoms with Gasteiger partial charge in [0, 0.05) is 36.6 Å². The first-order valence-electron chi connectivity index (χ1n) is 11.2. The van der Waals surface area contributed by atoms with E-state index in [0.717, 1.165) is 18.4 Å². The number of nitrogens with zero attached hydrogens (tertiary/aromatic N) is 1. The normalized spacial score (nSPS) is 15.7. The number of hydrogen-bond acceptors (Lipinski definition) is 4. The van der Waals surface area contributed by atoms with Crippen molar-refractivity contribution in [3.8, 4) is 0 Å². The van der Waals surface area contributed by atoms with Gasteiger partial charge in [-0.2, -0.15) is 0 Å². The maximum Gasteiger partial charge on any atom is 0.252 e. The number of amides is 1. The van der Waals surface area contributed by atoms with Gasteiger partial charge in [-0.05, 0) is 37.0 Å². The van der Waals surface area contributed by atoms with Gasteiger partial charge in [-0.15, -0.1) is 4.31 Å². The molecule has 0 radical (unpaired) electrons. The third-order valence-corrected chi connectivity index (χ3v) is 7.63. The van der Waals surface area contributed by atoms with Crippen LogP contribution in [-0.4, -0.2) is 39.4 Å². The summed E-state index contributed by atoms with van der Waals surface area (Å²) in [4.78, 5) is 28.5. The highest BCUT2D eigenvalue weighted by atomic mass is 32.2. The molecule has 7 heteroatoms. The van der Waals surface area contributed by atoms with E-state index in [4.69, 9.17) is 0 Å². The van der Waals surface area contributed by atoms with E-state index in [1.807, 2.05) is 41.7 Å². The van der Waals surface area contributed by atoms with Crippen LogP contribution in [-0.2, 0) is 17.8 Å². The fourth-order valence-electron chi connectivity index (χ4n) is 4.34. The van der Waals surface area contributed by atoms with E-state index in [0.29, 0.717) is 40.4 Å². The number of fused-ring (bicyclic) bond motifs is 1. The first-order valence-corrected chi connectivity index (χ1v) is 12.3. The van der Waals surface area contributed by atoms with E-state index >= 15 is 0 Å². The van der Waals surface area contributed by atoms with Gasteiger partial charge in [-0.1, -0.05) is 49.6 Å². The molecule has 1 aliphatic rings. The minimum Gasteiger partial charge on any atom is -0.593 e. The van der Waals surface area contributed by atoms with Crippen LogP contribution in [0.15, 0.2) is 64.3 Å². The average Bonchev–Trinajstić information content (AvgIpc) is 2.83. The van der Waals surface area contributed by atoms with Crippen LogP contribution in [0, 0.1) is 0 Å². The highest BCUT2D eigenvalue weighted by Crippen LogP contribution is 2.28. The van der Waals surface area contributed by atoms with Crippen molar-refractivity contribution in [2.75, 3.05) is 13.6 Å². The fourth-order valence-corrected chi connectivity index (χ4v) is 5.55. The Hall–Kier alpha value is -2.61. The topological polar surface area (TPSA) is 88.3 Å². The van der Waals surface area contributed by atoms with Crippen molar-refractivity contribution in [1.29, 1.82) is 0 Å². The van der Waals surface area contributed by atoms with Crippen molar-refractivity contribution >= 4 is 28.2 Å². The second-order valence-electron chi connectivity index (χ2n) is 8.33. The lowest BCUT2D eigenvalue weighted by Gasteiger charge is -2.30. The van der Waals surface area contributed by atoms with Gasteiger partial charge in [0.05, 0.1) is 23.0 Å². The number of aromatic amines is 1. The van der Waals surface area contributed by atoms with Crippen molar-refractivity contribution in [2.24, 2.45) is 0 Å². The van der Waals surface area contributed by atoms with Crippen LogP contribution in [0.5, 0.6) is 0 Å². The molecule has 4 rings (SSSR count). The number of carbonyl (C=O) groups is 1. The lowest BCUT2D eigenvalue weighted by atomic mass is 9.96. The Morgan fingerprint density at radius 3 is 2.62 bits per heavy atom. The predicted molar refractivity (Wildman–Crippen MR) is 128 cm³/mol. The Morgan fingerprint density at radius 2 is 1.88 bits per heavy atom. The zero-order valence-electron chi connectivity index (χ0n) is 18.3. The quantitative estimate of drug-likeness (QED) is 0.535. The van der Waals surface area contributed by atoms with Gasteiger partial charge in [-0.25, -0.2) is 0 Å². The van der Waals surface area contributed by atoms with Gasteiger partial charge < -0.3 is 14.9 Å². The summed E-state index contributed by atoms with van der Waals surface area (Å²) in [7, 11) is 1.90. The molecule has 0 bridgehead atoms. The number of rotatable bonds is 7. The van der Waals surface area contributed by atoms with Gasteiger partial charge in [-0.3, -0.25) is 9.59 Å². The number of benzene rings is 2. The Bertz CT molecular complexity index is 1130. The maximum atomic E-state index is 13.2. The molecule has 1 aromatic heterocycles. The summed E-state index contributed by atoms with van der Waals surface area (Å²) >= 11 is -1.33. The first-order chi connectivity index (χ1) is 15.5. The van der Waals surface area contributed by atoms with Crippen molar-refractivity contribution < 1.29 is 9.35 Å². The third-order valence-electron chi connectivity index (χ3n) is 6.15. The molecule has 2 N–H and O–H groups in total. The van der Waals surface area contributed by atoms with Gasteiger partial charge in [0.2, 0.25) is 5.56 Å². The number of nitrogens with one attached hydrogen (secondary N) is 2. The Kier molecular flexibility index (Phi) is 7.29. The van der Waals surface area contributed by atoms with E-state index < -0.39 is 11.4 Å². The summed E-state index contributed by atoms with van der Waals surface area (Å²) in [5, 5.41) is 3.51. The van der Waals surface area contributed by atoms with Gasteiger partial charge in [0.15, 0.2) is 4.90 Å². The molecule has 32 heavy (non-hydrogen) atoms. The number of pyridine rings is 1. The van der Waals surface area contributed by atoms with Crippen LogP contribution >= 0.6 is 0 Å². The monoisotopic (exact) mass is 451 g/mol. The van der Waals surface area contributed by atoms with Crippen molar-refractivity contribution in [1.82, 2.24) is 14.6 Å². The molecule has 1 atom stereocenters. The lowest BCUT2D eigenvalue weighted by molar-refractivity contribution is 0.0955. The number of carbonyl (C=O) groups excluding carboxylic acids is 1. The third kappa shape index (κ3) is 5.23. The van der Waals surface area contributed by atoms with Gasteiger partial charge in [0.25, 0.3) is 5.91 Å². The molecular weight excluding hydrogens is 422 g/mol. The lowest BCUT2D eigenvalue weighted by Crippen LogP contribution is -2.38. The van der Waals surface area contributed by atoms with Crippen molar-refractivity contribution in [3.63, 3.8) is 0 Å². The van der Waals surface area contributed by atoms with E-state index in [2.05, 4.69) is 10.3 Å². The van der Waals surface area contributed by atoms with Crippen LogP contribution in [0.2, 0.25) is 0 Å². The standard InChI is InChI=1S/C25H29N3O3S/c1-28(19-10-6-3-7-11-19)32(31)20-12-13-23-21(16-20)22(17-24(29)27-23)25(30)26-15-14-18-8-4-2-5-9-18/h2,4-5,8-9,12-13,16-17,19H,3,6-7,10-11,14-15H2,1H3,(H,26,30)(H,27,29). The molecular formula is C25H29N3O3S. The van der Waals surface area contributed by atoms with E-state index in [1.54, 1.807) is 18.2 Å². The van der Waals surface area contributed by atoms with E-state index in [1.165, 1.54) is 25.3 Å². The van der Waals surface area contributed by atoms with Crippen LogP contribution in [0.1, 0.15) is 48.0 Å². The number of aromatic nitrogens is 1. The molecule has 1 heterocycles. The predicted octanol–water partition coefficient (Wildman–Crippen LogP) is 3.79. The molecule has 1 fully saturated rings. The van der Waals surface area contributed by atoms with Crippen LogP contribution in [0.3, 0.4) is 0 Å². The highest BCUT2D eigenvalue weighted by molar-refractivity contribution is 7.89. The summed E-state index contributed by atoms with van der Waals surface area (Å²) < 4.78 is 15.2. The van der Waals surface area contributed by atoms with Crippen LogP contribution in [0.25, 0.3) is 10.9 Å². The largest absolute Gasteiger partial charge is 0.593 e. The second-order valence-corrected chi connectivity index (χ2v) is 9.88. The number of H-pyrrole nitrogens is 1. The molecule has 0 saturated heterocycles. The summed E-state index contributed by atoms with van der Waals surface area (Å²) in [6, 6.07) is 16.8. The molecule has 1 amide bonds. The highest BCUT2D eigenvalue weighted by Gasteiger charge is 2.28. The van der Waals surface area contributed by atoms with Gasteiger partial charge in [0.1, 0.15) is 0 Å². The van der Waals surface area contributed by atoms with E-state index in [-0.39, 0.29) is 11.5 Å². The minimum atomic E-state index is -1.33. The molecule has 1 aliphatic carbocycles. The van der Waals surface area contributed by atoms with Gasteiger partial charge >= 0.3 is 0 Å². The minimum absolute atomic E-state index is 0.302. The molecule has 6 nitrogen and oxygen atoms in total. The molecule has 3 aromatic rings. The smallest absolute Gasteiger partial charge is 0.252 e. The zero-order chi connectivity index (χ0) is 22.5. The summed E-state index contributed by atoms with van der Waals surface area (Å²) in [6.07, 6.45) is 6.38. The first kappa shape index (κ1) is 22.6. The van der Waals surface area contributed by atoms with Crippen molar-refractivity contribution in [3.05, 3.63) is 76.1 Å². The molecule has 0 spiro atoms. The SMILES string of the molecule is CN(C1CCCCC1)[S+]([O-])c1ccc2[nH]c(=O)cc(C(=O)NCCc3ccccc3)c2c1.